The molecule has 0 bridgehead atoms. The molecule has 1 aromatic carbocycles. The van der Waals surface area contributed by atoms with E-state index in [1.54, 1.807) is 6.07 Å². The Hall–Kier alpha value is -2.24. The number of morpholine rings is 1. The fraction of sp³-hybridized carbons (Fsp3) is 0.571. The summed E-state index contributed by atoms with van der Waals surface area (Å²) >= 11 is 0. The van der Waals surface area contributed by atoms with Gasteiger partial charge in [-0.2, -0.15) is 13.2 Å². The number of hydrogen-bond donors (Lipinski definition) is 1. The van der Waals surface area contributed by atoms with Gasteiger partial charge in [-0.1, -0.05) is 17.9 Å². The van der Waals surface area contributed by atoms with E-state index in [1.807, 2.05) is 6.92 Å². The van der Waals surface area contributed by atoms with Gasteiger partial charge >= 0.3 is 6.18 Å². The molecule has 2 aliphatic heterocycles. The molecule has 2 aliphatic rings. The molecule has 158 valence electrons. The largest absolute Gasteiger partial charge is 0.416 e. The van der Waals surface area contributed by atoms with Gasteiger partial charge in [-0.05, 0) is 38.0 Å². The summed E-state index contributed by atoms with van der Waals surface area (Å²) in [4.78, 5) is 6.65. The van der Waals surface area contributed by atoms with Gasteiger partial charge in [0.05, 0.1) is 18.3 Å². The van der Waals surface area contributed by atoms with Crippen LogP contribution in [0.4, 0.5) is 13.2 Å². The van der Waals surface area contributed by atoms with Crippen molar-refractivity contribution in [3.8, 4) is 11.8 Å². The molecule has 0 saturated carbocycles. The lowest BCUT2D eigenvalue weighted by atomic mass is 10.1. The second-order valence-corrected chi connectivity index (χ2v) is 6.96. The zero-order valence-electron chi connectivity index (χ0n) is 16.5. The van der Waals surface area contributed by atoms with Gasteiger partial charge < -0.3 is 19.7 Å². The van der Waals surface area contributed by atoms with Gasteiger partial charge in [0.25, 0.3) is 0 Å². The number of nitrogens with zero attached hydrogens (tertiary/aromatic N) is 2. The van der Waals surface area contributed by atoms with Crippen molar-refractivity contribution >= 4 is 5.96 Å². The van der Waals surface area contributed by atoms with E-state index in [4.69, 9.17) is 9.47 Å². The number of ether oxygens (including phenoxy) is 2. The lowest BCUT2D eigenvalue weighted by Crippen LogP contribution is -2.53. The molecular weight excluding hydrogens is 383 g/mol. The van der Waals surface area contributed by atoms with Crippen LogP contribution in [0.1, 0.15) is 30.9 Å². The van der Waals surface area contributed by atoms with Gasteiger partial charge in [-0.3, -0.25) is 0 Å². The Labute approximate surface area is 169 Å². The van der Waals surface area contributed by atoms with E-state index in [0.29, 0.717) is 25.3 Å². The van der Waals surface area contributed by atoms with E-state index in [1.165, 1.54) is 6.07 Å². The molecule has 1 aromatic rings. The van der Waals surface area contributed by atoms with Crippen LogP contribution in [0.15, 0.2) is 29.3 Å². The van der Waals surface area contributed by atoms with Crippen LogP contribution in [-0.4, -0.2) is 62.5 Å². The maximum atomic E-state index is 12.8. The molecule has 3 rings (SSSR count). The first-order valence-corrected chi connectivity index (χ1v) is 9.90. The summed E-state index contributed by atoms with van der Waals surface area (Å²) in [5.74, 6) is 6.34. The number of halogens is 3. The van der Waals surface area contributed by atoms with Crippen LogP contribution in [0.25, 0.3) is 0 Å². The van der Waals surface area contributed by atoms with E-state index in [9.17, 15) is 13.2 Å². The standard InChI is InChI=1S/C21H26F3N3O2/c1-2-25-20(27-11-13-29-19(15-27)18-9-5-12-28-18)26-10-4-7-16-6-3-8-17(14-16)21(22,23)24/h3,6,8,14,18-19H,2,5,9-13,15H2,1H3,(H,25,26). The summed E-state index contributed by atoms with van der Waals surface area (Å²) in [7, 11) is 0. The Morgan fingerprint density at radius 1 is 1.28 bits per heavy atom. The third-order valence-electron chi connectivity index (χ3n) is 4.84. The molecule has 0 spiro atoms. The monoisotopic (exact) mass is 409 g/mol. The highest BCUT2D eigenvalue weighted by molar-refractivity contribution is 5.80. The third kappa shape index (κ3) is 6.12. The Kier molecular flexibility index (Phi) is 7.40. The van der Waals surface area contributed by atoms with Crippen molar-refractivity contribution in [1.82, 2.24) is 10.2 Å². The summed E-state index contributed by atoms with van der Waals surface area (Å²) in [5.41, 5.74) is -0.375. The van der Waals surface area contributed by atoms with Crippen LogP contribution < -0.4 is 5.32 Å². The minimum atomic E-state index is -4.37. The number of alkyl halides is 3. The molecule has 8 heteroatoms. The van der Waals surface area contributed by atoms with Crippen molar-refractivity contribution in [2.45, 2.75) is 38.1 Å². The van der Waals surface area contributed by atoms with Crippen LogP contribution in [0.5, 0.6) is 0 Å². The number of aliphatic imine (C=N–C) groups is 1. The van der Waals surface area contributed by atoms with Crippen LogP contribution >= 0.6 is 0 Å². The fourth-order valence-electron chi connectivity index (χ4n) is 3.44. The molecule has 2 fully saturated rings. The third-order valence-corrected chi connectivity index (χ3v) is 4.84. The predicted octanol–water partition coefficient (Wildman–Crippen LogP) is 2.90. The summed E-state index contributed by atoms with van der Waals surface area (Å²) in [6.45, 7) is 5.69. The van der Waals surface area contributed by atoms with Gasteiger partial charge in [0.15, 0.2) is 5.96 Å². The van der Waals surface area contributed by atoms with Gasteiger partial charge in [0, 0.05) is 31.8 Å². The molecule has 2 heterocycles. The highest BCUT2D eigenvalue weighted by atomic mass is 19.4. The van der Waals surface area contributed by atoms with E-state index in [-0.39, 0.29) is 18.8 Å². The molecule has 2 unspecified atom stereocenters. The lowest BCUT2D eigenvalue weighted by molar-refractivity contribution is -0.137. The first-order chi connectivity index (χ1) is 14.0. The van der Waals surface area contributed by atoms with Crippen LogP contribution in [0.3, 0.4) is 0 Å². The highest BCUT2D eigenvalue weighted by Gasteiger charge is 2.32. The molecule has 0 aromatic heterocycles. The summed E-state index contributed by atoms with van der Waals surface area (Å²) in [6, 6.07) is 5.01. The van der Waals surface area contributed by atoms with Crippen LogP contribution in [0.2, 0.25) is 0 Å². The predicted molar refractivity (Wildman–Crippen MR) is 105 cm³/mol. The average molecular weight is 409 g/mol. The molecule has 0 aliphatic carbocycles. The fourth-order valence-corrected chi connectivity index (χ4v) is 3.44. The lowest BCUT2D eigenvalue weighted by Gasteiger charge is -2.37. The van der Waals surface area contributed by atoms with Gasteiger partial charge in [-0.25, -0.2) is 4.99 Å². The second kappa shape index (κ2) is 9.99. The molecule has 2 saturated heterocycles. The Balaban J connectivity index is 1.63. The topological polar surface area (TPSA) is 46.1 Å². The minimum absolute atomic E-state index is 0.0197. The van der Waals surface area contributed by atoms with Crippen LogP contribution in [0, 0.1) is 11.8 Å². The molecule has 5 nitrogen and oxygen atoms in total. The van der Waals surface area contributed by atoms with Crippen molar-refractivity contribution in [2.24, 2.45) is 4.99 Å². The average Bonchev–Trinajstić information content (AvgIpc) is 3.25. The zero-order chi connectivity index (χ0) is 20.7. The number of guanidine groups is 1. The normalized spacial score (nSPS) is 22.9. The first kappa shape index (κ1) is 21.5. The molecule has 0 radical (unpaired) electrons. The molecule has 1 N–H and O–H groups in total. The SMILES string of the molecule is CCNC(=NCC#Cc1cccc(C(F)(F)F)c1)N1CCOC(C2CCCO2)C1. The molecule has 29 heavy (non-hydrogen) atoms. The number of rotatable bonds is 3. The highest BCUT2D eigenvalue weighted by Crippen LogP contribution is 2.29. The Morgan fingerprint density at radius 2 is 2.10 bits per heavy atom. The van der Waals surface area contributed by atoms with Crippen molar-refractivity contribution in [2.75, 3.05) is 39.4 Å². The van der Waals surface area contributed by atoms with Gasteiger partial charge in [0.2, 0.25) is 0 Å². The second-order valence-electron chi connectivity index (χ2n) is 6.96. The van der Waals surface area contributed by atoms with Crippen molar-refractivity contribution in [3.05, 3.63) is 35.4 Å². The van der Waals surface area contributed by atoms with Gasteiger partial charge in [-0.15, -0.1) is 0 Å². The summed E-state index contributed by atoms with van der Waals surface area (Å²) in [5, 5.41) is 3.25. The van der Waals surface area contributed by atoms with Crippen molar-refractivity contribution < 1.29 is 22.6 Å². The minimum Gasteiger partial charge on any atom is -0.375 e. The summed E-state index contributed by atoms with van der Waals surface area (Å²) in [6.07, 6.45) is -2.16. The van der Waals surface area contributed by atoms with E-state index < -0.39 is 11.7 Å². The van der Waals surface area contributed by atoms with Gasteiger partial charge in [0.1, 0.15) is 12.6 Å². The van der Waals surface area contributed by atoms with Crippen molar-refractivity contribution in [1.29, 1.82) is 0 Å². The molecule has 2 atom stereocenters. The smallest absolute Gasteiger partial charge is 0.375 e. The Bertz CT molecular complexity index is 764. The Morgan fingerprint density at radius 3 is 2.83 bits per heavy atom. The number of benzene rings is 1. The number of hydrogen-bond acceptors (Lipinski definition) is 3. The van der Waals surface area contributed by atoms with Crippen molar-refractivity contribution in [3.63, 3.8) is 0 Å². The quantitative estimate of drug-likeness (QED) is 0.474. The maximum Gasteiger partial charge on any atom is 0.416 e. The summed E-state index contributed by atoms with van der Waals surface area (Å²) < 4.78 is 50.0. The molecular formula is C21H26F3N3O2. The zero-order valence-corrected chi connectivity index (χ0v) is 16.5. The number of nitrogens with one attached hydrogen (secondary N) is 1. The maximum absolute atomic E-state index is 12.8. The van der Waals surface area contributed by atoms with E-state index >= 15 is 0 Å². The van der Waals surface area contributed by atoms with E-state index in [0.717, 1.165) is 44.1 Å². The first-order valence-electron chi connectivity index (χ1n) is 9.90. The molecule has 0 amide bonds. The van der Waals surface area contributed by atoms with Crippen LogP contribution in [-0.2, 0) is 15.7 Å². The van der Waals surface area contributed by atoms with E-state index in [2.05, 4.69) is 27.0 Å².